The van der Waals surface area contributed by atoms with E-state index in [2.05, 4.69) is 24.4 Å². The van der Waals surface area contributed by atoms with Gasteiger partial charge in [0.25, 0.3) is 0 Å². The van der Waals surface area contributed by atoms with Gasteiger partial charge < -0.3 is 20.3 Å². The minimum absolute atomic E-state index is 0.00175. The molecular formula is C30H33NO5. The monoisotopic (exact) mass is 487 g/mol. The van der Waals surface area contributed by atoms with Gasteiger partial charge in [0.05, 0.1) is 11.7 Å². The Hall–Kier alpha value is -3.12. The molecule has 1 amide bonds. The van der Waals surface area contributed by atoms with Crippen molar-refractivity contribution in [3.05, 3.63) is 59.7 Å². The van der Waals surface area contributed by atoms with Crippen LogP contribution in [0.5, 0.6) is 11.5 Å². The summed E-state index contributed by atoms with van der Waals surface area (Å²) in [5, 5.41) is 23.1. The zero-order valence-corrected chi connectivity index (χ0v) is 21.0. The largest absolute Gasteiger partial charge is 0.506 e. The third kappa shape index (κ3) is 3.13. The van der Waals surface area contributed by atoms with Gasteiger partial charge in [0.15, 0.2) is 5.78 Å². The Balaban J connectivity index is 1.33. The van der Waals surface area contributed by atoms with E-state index in [9.17, 15) is 19.8 Å². The number of carbonyl (C=O) groups excluding carboxylic acids is 2. The summed E-state index contributed by atoms with van der Waals surface area (Å²) in [5.41, 5.74) is 1.76. The van der Waals surface area contributed by atoms with Crippen LogP contribution in [-0.4, -0.2) is 33.6 Å². The summed E-state index contributed by atoms with van der Waals surface area (Å²) in [6.07, 6.45) is 5.19. The van der Waals surface area contributed by atoms with Gasteiger partial charge >= 0.3 is 0 Å². The van der Waals surface area contributed by atoms with E-state index in [1.54, 1.807) is 13.0 Å². The highest BCUT2D eigenvalue weighted by Crippen LogP contribution is 2.74. The Bertz CT molecular complexity index is 1300. The first-order chi connectivity index (χ1) is 17.1. The molecule has 2 aliphatic heterocycles. The van der Waals surface area contributed by atoms with Gasteiger partial charge in [0.2, 0.25) is 5.91 Å². The molecule has 36 heavy (non-hydrogen) atoms. The Kier molecular flexibility index (Phi) is 4.97. The number of amides is 1. The Morgan fingerprint density at radius 2 is 1.89 bits per heavy atom. The van der Waals surface area contributed by atoms with Crippen LogP contribution < -0.4 is 5.32 Å². The average Bonchev–Trinajstić information content (AvgIpc) is 3.22. The Morgan fingerprint density at radius 1 is 1.14 bits per heavy atom. The molecular weight excluding hydrogens is 454 g/mol. The van der Waals surface area contributed by atoms with Crippen LogP contribution in [-0.2, 0) is 14.3 Å². The number of allylic oxidation sites excluding steroid dienone is 2. The standard InChI is InChI=1S/C30H33NO5/c1-17-9-10-21(32)25(26(17)35)31-24(34)11-12-28(2)23(33)14-20(18-7-5-4-6-8-18)30-15-19-13-22(27(28)30)36-29(19,3)16-30/h4-10,14,19,22,27,32,35H,11-13,15-16H2,1-3H3,(H,31,34). The zero-order chi connectivity index (χ0) is 25.5. The zero-order valence-electron chi connectivity index (χ0n) is 21.0. The van der Waals surface area contributed by atoms with Crippen molar-refractivity contribution in [3.63, 3.8) is 0 Å². The normalized spacial score (nSPS) is 36.0. The van der Waals surface area contributed by atoms with Crippen LogP contribution >= 0.6 is 0 Å². The lowest BCUT2D eigenvalue weighted by atomic mass is 9.48. The number of nitrogens with one attached hydrogen (secondary N) is 1. The fourth-order valence-corrected chi connectivity index (χ4v) is 8.08. The van der Waals surface area contributed by atoms with Crippen LogP contribution in [0.2, 0.25) is 0 Å². The lowest BCUT2D eigenvalue weighted by molar-refractivity contribution is -0.166. The highest BCUT2D eigenvalue weighted by Gasteiger charge is 2.73. The molecule has 3 N–H and O–H groups in total. The van der Waals surface area contributed by atoms with Crippen LogP contribution in [0.1, 0.15) is 57.1 Å². The summed E-state index contributed by atoms with van der Waals surface area (Å²) in [7, 11) is 0. The minimum atomic E-state index is -0.742. The van der Waals surface area contributed by atoms with E-state index < -0.39 is 5.41 Å². The fourth-order valence-electron chi connectivity index (χ4n) is 8.08. The van der Waals surface area contributed by atoms with Gasteiger partial charge in [-0.1, -0.05) is 43.3 Å². The van der Waals surface area contributed by atoms with Crippen LogP contribution in [0, 0.1) is 29.6 Å². The van der Waals surface area contributed by atoms with Crippen molar-refractivity contribution in [3.8, 4) is 11.5 Å². The van der Waals surface area contributed by atoms with Gasteiger partial charge in [0.1, 0.15) is 17.2 Å². The second kappa shape index (κ2) is 7.69. The molecule has 2 aromatic rings. The summed E-state index contributed by atoms with van der Waals surface area (Å²) >= 11 is 0. The van der Waals surface area contributed by atoms with E-state index in [0.29, 0.717) is 17.9 Å². The molecule has 7 rings (SSSR count). The van der Waals surface area contributed by atoms with E-state index in [-0.39, 0.29) is 58.3 Å². The summed E-state index contributed by atoms with van der Waals surface area (Å²) < 4.78 is 6.63. The fraction of sp³-hybridized carbons (Fsp3) is 0.467. The van der Waals surface area contributed by atoms with Crippen LogP contribution in [0.3, 0.4) is 0 Å². The van der Waals surface area contributed by atoms with Crippen molar-refractivity contribution in [2.24, 2.45) is 22.7 Å². The van der Waals surface area contributed by atoms with Gasteiger partial charge in [-0.25, -0.2) is 0 Å². The number of aromatic hydroxyl groups is 2. The van der Waals surface area contributed by atoms with E-state index in [4.69, 9.17) is 4.74 Å². The van der Waals surface area contributed by atoms with E-state index in [0.717, 1.165) is 30.4 Å². The molecule has 6 heteroatoms. The lowest BCUT2D eigenvalue weighted by Crippen LogP contribution is -2.57. The SMILES string of the molecule is Cc1ccc(O)c(NC(=O)CCC2(C)C(=O)C=C(c3ccccc3)C34CC5CC(OC5(C)C3)C24)c1O. The minimum Gasteiger partial charge on any atom is -0.506 e. The Labute approximate surface area is 211 Å². The number of phenols is 2. The number of hydrogen-bond acceptors (Lipinski definition) is 5. The predicted molar refractivity (Wildman–Crippen MR) is 136 cm³/mol. The van der Waals surface area contributed by atoms with E-state index in [1.165, 1.54) is 6.07 Å². The van der Waals surface area contributed by atoms with Crippen molar-refractivity contribution >= 4 is 23.0 Å². The number of benzene rings is 2. The molecule has 188 valence electrons. The summed E-state index contributed by atoms with van der Waals surface area (Å²) in [6.45, 7) is 5.94. The predicted octanol–water partition coefficient (Wildman–Crippen LogP) is 5.37. The molecule has 0 aromatic heterocycles. The van der Waals surface area contributed by atoms with Crippen molar-refractivity contribution in [2.75, 3.05) is 5.32 Å². The molecule has 4 bridgehead atoms. The van der Waals surface area contributed by atoms with Crippen molar-refractivity contribution in [1.29, 1.82) is 0 Å². The topological polar surface area (TPSA) is 95.9 Å². The quantitative estimate of drug-likeness (QED) is 0.493. The first kappa shape index (κ1) is 23.3. The molecule has 6 atom stereocenters. The molecule has 4 fully saturated rings. The summed E-state index contributed by atoms with van der Waals surface area (Å²) in [5.74, 6) is -0.145. The first-order valence-corrected chi connectivity index (χ1v) is 12.9. The number of carbonyl (C=O) groups is 2. The third-order valence-electron chi connectivity index (χ3n) is 9.68. The maximum Gasteiger partial charge on any atom is 0.224 e. The number of aryl methyl sites for hydroxylation is 1. The van der Waals surface area contributed by atoms with Crippen LogP contribution in [0.15, 0.2) is 48.5 Å². The molecule has 1 spiro atoms. The number of hydrogen-bond donors (Lipinski definition) is 3. The number of rotatable bonds is 5. The second-order valence-electron chi connectivity index (χ2n) is 11.8. The number of phenolic OH excluding ortho intramolecular Hbond substituents is 2. The van der Waals surface area contributed by atoms with Crippen LogP contribution in [0.25, 0.3) is 5.57 Å². The molecule has 2 saturated heterocycles. The van der Waals surface area contributed by atoms with Gasteiger partial charge in [0, 0.05) is 23.2 Å². The molecule has 6 unspecified atom stereocenters. The number of anilines is 1. The van der Waals surface area contributed by atoms with Gasteiger partial charge in [-0.15, -0.1) is 0 Å². The maximum atomic E-state index is 13.8. The van der Waals surface area contributed by atoms with Crippen LogP contribution in [0.4, 0.5) is 5.69 Å². The number of ketones is 1. The van der Waals surface area contributed by atoms with E-state index in [1.807, 2.05) is 31.2 Å². The van der Waals surface area contributed by atoms with Gasteiger partial charge in [-0.2, -0.15) is 0 Å². The van der Waals surface area contributed by atoms with Gasteiger partial charge in [-0.3, -0.25) is 9.59 Å². The number of ether oxygens (including phenoxy) is 1. The highest BCUT2D eigenvalue weighted by atomic mass is 16.5. The lowest BCUT2D eigenvalue weighted by Gasteiger charge is -2.57. The molecule has 2 saturated carbocycles. The van der Waals surface area contributed by atoms with Crippen molar-refractivity contribution < 1.29 is 24.5 Å². The van der Waals surface area contributed by atoms with Crippen molar-refractivity contribution in [2.45, 2.75) is 64.6 Å². The highest BCUT2D eigenvalue weighted by molar-refractivity contribution is 6.04. The average molecular weight is 488 g/mol. The first-order valence-electron chi connectivity index (χ1n) is 12.9. The summed E-state index contributed by atoms with van der Waals surface area (Å²) in [6, 6.07) is 13.3. The second-order valence-corrected chi connectivity index (χ2v) is 11.8. The Morgan fingerprint density at radius 3 is 2.61 bits per heavy atom. The molecule has 2 heterocycles. The van der Waals surface area contributed by atoms with Gasteiger partial charge in [-0.05, 0) is 74.3 Å². The molecule has 3 aliphatic carbocycles. The third-order valence-corrected chi connectivity index (χ3v) is 9.68. The summed E-state index contributed by atoms with van der Waals surface area (Å²) in [4.78, 5) is 26.8. The van der Waals surface area contributed by atoms with E-state index >= 15 is 0 Å². The molecule has 0 radical (unpaired) electrons. The molecule has 6 nitrogen and oxygen atoms in total. The van der Waals surface area contributed by atoms with Crippen molar-refractivity contribution in [1.82, 2.24) is 0 Å². The molecule has 5 aliphatic rings. The molecule has 2 aromatic carbocycles. The smallest absolute Gasteiger partial charge is 0.224 e. The maximum absolute atomic E-state index is 13.8.